The van der Waals surface area contributed by atoms with Crippen molar-refractivity contribution in [2.75, 3.05) is 13.2 Å². The quantitative estimate of drug-likeness (QED) is 0.818. The smallest absolute Gasteiger partial charge is 0.258 e. The third kappa shape index (κ3) is 5.66. The minimum absolute atomic E-state index is 0.0317. The fourth-order valence-corrected chi connectivity index (χ4v) is 2.64. The van der Waals surface area contributed by atoms with Crippen molar-refractivity contribution in [3.05, 3.63) is 24.3 Å². The highest BCUT2D eigenvalue weighted by Crippen LogP contribution is 2.18. The van der Waals surface area contributed by atoms with Crippen LogP contribution in [0.3, 0.4) is 0 Å². The van der Waals surface area contributed by atoms with E-state index in [1.54, 1.807) is 0 Å². The average Bonchev–Trinajstić information content (AvgIpc) is 2.75. The first kappa shape index (κ1) is 15.7. The lowest BCUT2D eigenvalue weighted by Crippen LogP contribution is -2.37. The van der Waals surface area contributed by atoms with Gasteiger partial charge in [0.2, 0.25) is 0 Å². The first-order valence-corrected chi connectivity index (χ1v) is 7.93. The van der Waals surface area contributed by atoms with Crippen LogP contribution in [0.25, 0.3) is 0 Å². The third-order valence-electron chi connectivity index (χ3n) is 3.72. The van der Waals surface area contributed by atoms with Crippen LogP contribution in [0, 0.1) is 0 Å². The highest BCUT2D eigenvalue weighted by atomic mass is 16.5. The van der Waals surface area contributed by atoms with Crippen molar-refractivity contribution < 1.29 is 14.3 Å². The van der Waals surface area contributed by atoms with Crippen molar-refractivity contribution in [3.8, 4) is 11.5 Å². The number of benzene rings is 1. The zero-order valence-corrected chi connectivity index (χ0v) is 12.8. The molecule has 0 unspecified atom stereocenters. The Bertz CT molecular complexity index is 422. The van der Waals surface area contributed by atoms with Gasteiger partial charge in [-0.3, -0.25) is 4.79 Å². The van der Waals surface area contributed by atoms with Gasteiger partial charge in [-0.15, -0.1) is 0 Å². The number of carbonyl (C=O) groups excluding carboxylic acids is 1. The Hall–Kier alpha value is -1.71. The van der Waals surface area contributed by atoms with Crippen molar-refractivity contribution in [3.63, 3.8) is 0 Å². The standard InChI is InChI=1S/C17H25NO3/c1-2-20-15-9-11-16(12-10-15)21-13-17(19)18-14-7-5-3-4-6-8-14/h9-12,14H,2-8,13H2,1H3,(H,18,19). The van der Waals surface area contributed by atoms with Gasteiger partial charge in [-0.25, -0.2) is 0 Å². The normalized spacial score (nSPS) is 16.0. The van der Waals surface area contributed by atoms with Crippen LogP contribution in [-0.2, 0) is 4.79 Å². The molecule has 0 atom stereocenters. The van der Waals surface area contributed by atoms with E-state index in [9.17, 15) is 4.79 Å². The van der Waals surface area contributed by atoms with Crippen molar-refractivity contribution in [2.45, 2.75) is 51.5 Å². The maximum atomic E-state index is 11.9. The highest BCUT2D eigenvalue weighted by molar-refractivity contribution is 5.77. The maximum absolute atomic E-state index is 11.9. The van der Waals surface area contributed by atoms with Crippen LogP contribution in [0.4, 0.5) is 0 Å². The van der Waals surface area contributed by atoms with E-state index in [0.717, 1.165) is 18.6 Å². The molecule has 0 bridgehead atoms. The molecule has 4 nitrogen and oxygen atoms in total. The van der Waals surface area contributed by atoms with Gasteiger partial charge < -0.3 is 14.8 Å². The molecule has 1 aromatic rings. The molecule has 0 aromatic heterocycles. The molecule has 2 rings (SSSR count). The molecule has 4 heteroatoms. The van der Waals surface area contributed by atoms with E-state index in [1.165, 1.54) is 25.7 Å². The number of hydrogen-bond donors (Lipinski definition) is 1. The molecule has 1 N–H and O–H groups in total. The Kier molecular flexibility index (Phi) is 6.38. The van der Waals surface area contributed by atoms with E-state index in [1.807, 2.05) is 31.2 Å². The lowest BCUT2D eigenvalue weighted by Gasteiger charge is -2.16. The minimum Gasteiger partial charge on any atom is -0.494 e. The van der Waals surface area contributed by atoms with Crippen LogP contribution < -0.4 is 14.8 Å². The fourth-order valence-electron chi connectivity index (χ4n) is 2.64. The summed E-state index contributed by atoms with van der Waals surface area (Å²) < 4.78 is 10.9. The molecule has 1 amide bonds. The molecule has 0 spiro atoms. The second-order valence-corrected chi connectivity index (χ2v) is 5.45. The van der Waals surface area contributed by atoms with Gasteiger partial charge >= 0.3 is 0 Å². The Morgan fingerprint density at radius 2 is 1.62 bits per heavy atom. The van der Waals surface area contributed by atoms with Crippen LogP contribution in [-0.4, -0.2) is 25.2 Å². The van der Waals surface area contributed by atoms with E-state index in [2.05, 4.69) is 5.32 Å². The molecule has 21 heavy (non-hydrogen) atoms. The summed E-state index contributed by atoms with van der Waals surface area (Å²) in [5, 5.41) is 3.07. The third-order valence-corrected chi connectivity index (χ3v) is 3.72. The average molecular weight is 291 g/mol. The first-order valence-electron chi connectivity index (χ1n) is 7.93. The summed E-state index contributed by atoms with van der Waals surface area (Å²) in [7, 11) is 0. The SMILES string of the molecule is CCOc1ccc(OCC(=O)NC2CCCCCC2)cc1. The Morgan fingerprint density at radius 3 is 2.19 bits per heavy atom. The number of nitrogens with one attached hydrogen (secondary N) is 1. The van der Waals surface area contributed by atoms with Gasteiger partial charge in [-0.05, 0) is 44.0 Å². The summed E-state index contributed by atoms with van der Waals surface area (Å²) >= 11 is 0. The molecule has 1 aliphatic rings. The van der Waals surface area contributed by atoms with E-state index < -0.39 is 0 Å². The summed E-state index contributed by atoms with van der Waals surface area (Å²) in [5.41, 5.74) is 0. The lowest BCUT2D eigenvalue weighted by molar-refractivity contribution is -0.123. The second-order valence-electron chi connectivity index (χ2n) is 5.45. The van der Waals surface area contributed by atoms with E-state index >= 15 is 0 Å². The molecule has 0 saturated heterocycles. The summed E-state index contributed by atoms with van der Waals surface area (Å²) in [6, 6.07) is 7.67. The molecule has 1 aliphatic carbocycles. The zero-order valence-electron chi connectivity index (χ0n) is 12.8. The van der Waals surface area contributed by atoms with Crippen molar-refractivity contribution in [1.82, 2.24) is 5.32 Å². The van der Waals surface area contributed by atoms with E-state index in [0.29, 0.717) is 18.4 Å². The predicted octanol–water partition coefficient (Wildman–Crippen LogP) is 3.30. The van der Waals surface area contributed by atoms with Crippen LogP contribution in [0.15, 0.2) is 24.3 Å². The van der Waals surface area contributed by atoms with Crippen molar-refractivity contribution >= 4 is 5.91 Å². The largest absolute Gasteiger partial charge is 0.494 e. The molecular weight excluding hydrogens is 266 g/mol. The summed E-state index contributed by atoms with van der Waals surface area (Å²) in [6.07, 6.45) is 7.18. The van der Waals surface area contributed by atoms with Gasteiger partial charge in [0, 0.05) is 6.04 Å². The second kappa shape index (κ2) is 8.55. The topological polar surface area (TPSA) is 47.6 Å². The number of carbonyl (C=O) groups is 1. The zero-order chi connectivity index (χ0) is 14.9. The van der Waals surface area contributed by atoms with Crippen LogP contribution in [0.5, 0.6) is 11.5 Å². The number of amides is 1. The summed E-state index contributed by atoms with van der Waals surface area (Å²) in [5.74, 6) is 1.47. The molecular formula is C17H25NO3. The van der Waals surface area contributed by atoms with Crippen LogP contribution in [0.1, 0.15) is 45.4 Å². The Morgan fingerprint density at radius 1 is 1.05 bits per heavy atom. The molecule has 1 saturated carbocycles. The molecule has 1 aromatic carbocycles. The lowest BCUT2D eigenvalue weighted by atomic mass is 10.1. The summed E-state index contributed by atoms with van der Waals surface area (Å²) in [4.78, 5) is 11.9. The van der Waals surface area contributed by atoms with Crippen molar-refractivity contribution in [1.29, 1.82) is 0 Å². The maximum Gasteiger partial charge on any atom is 0.258 e. The fraction of sp³-hybridized carbons (Fsp3) is 0.588. The van der Waals surface area contributed by atoms with Gasteiger partial charge in [0.1, 0.15) is 11.5 Å². The van der Waals surface area contributed by atoms with Gasteiger partial charge in [0.05, 0.1) is 6.61 Å². The monoisotopic (exact) mass is 291 g/mol. The van der Waals surface area contributed by atoms with Crippen LogP contribution in [0.2, 0.25) is 0 Å². The summed E-state index contributed by atoms with van der Waals surface area (Å²) in [6.45, 7) is 2.66. The molecule has 0 aliphatic heterocycles. The Balaban J connectivity index is 1.72. The first-order chi connectivity index (χ1) is 10.3. The number of hydrogen-bond acceptors (Lipinski definition) is 3. The minimum atomic E-state index is -0.0317. The Labute approximate surface area is 126 Å². The molecule has 0 radical (unpaired) electrons. The molecule has 116 valence electrons. The number of ether oxygens (including phenoxy) is 2. The number of rotatable bonds is 6. The van der Waals surface area contributed by atoms with Crippen molar-refractivity contribution in [2.24, 2.45) is 0 Å². The van der Waals surface area contributed by atoms with Gasteiger partial charge in [-0.1, -0.05) is 25.7 Å². The van der Waals surface area contributed by atoms with Crippen LogP contribution >= 0.6 is 0 Å². The molecule has 0 heterocycles. The van der Waals surface area contributed by atoms with Gasteiger partial charge in [-0.2, -0.15) is 0 Å². The predicted molar refractivity (Wildman–Crippen MR) is 82.7 cm³/mol. The van der Waals surface area contributed by atoms with Gasteiger partial charge in [0.25, 0.3) is 5.91 Å². The molecule has 1 fully saturated rings. The van der Waals surface area contributed by atoms with E-state index in [-0.39, 0.29) is 12.5 Å². The van der Waals surface area contributed by atoms with Gasteiger partial charge in [0.15, 0.2) is 6.61 Å². The van der Waals surface area contributed by atoms with E-state index in [4.69, 9.17) is 9.47 Å². The highest BCUT2D eigenvalue weighted by Gasteiger charge is 2.14.